The van der Waals surface area contributed by atoms with Crippen molar-refractivity contribution in [1.82, 2.24) is 10.3 Å². The number of hydrogen-bond acceptors (Lipinski definition) is 3. The van der Waals surface area contributed by atoms with Crippen LogP contribution in [0.5, 0.6) is 0 Å². The lowest BCUT2D eigenvalue weighted by molar-refractivity contribution is 0.0599. The summed E-state index contributed by atoms with van der Waals surface area (Å²) in [6.45, 7) is 3.29. The van der Waals surface area contributed by atoms with Crippen LogP contribution in [0.15, 0.2) is 36.5 Å². The molecule has 1 heterocycles. The van der Waals surface area contributed by atoms with E-state index in [0.717, 1.165) is 5.56 Å². The highest BCUT2D eigenvalue weighted by Crippen LogP contribution is 2.20. The number of aryl methyl sites for hydroxylation is 1. The van der Waals surface area contributed by atoms with Gasteiger partial charge in [-0.15, -0.1) is 0 Å². The molecule has 122 valence electrons. The molecular formula is C16H17ClFN3O2. The fourth-order valence-electron chi connectivity index (χ4n) is 1.98. The third-order valence-electron chi connectivity index (χ3n) is 3.38. The Kier molecular flexibility index (Phi) is 5.18. The van der Waals surface area contributed by atoms with Crippen molar-refractivity contribution in [3.63, 3.8) is 0 Å². The van der Waals surface area contributed by atoms with E-state index in [0.29, 0.717) is 16.4 Å². The molecule has 2 amide bonds. The molecule has 1 atom stereocenters. The third kappa shape index (κ3) is 4.64. The lowest BCUT2D eigenvalue weighted by Crippen LogP contribution is -2.40. The maximum atomic E-state index is 12.9. The Morgan fingerprint density at radius 3 is 2.65 bits per heavy atom. The Bertz CT molecular complexity index is 705. The van der Waals surface area contributed by atoms with Crippen molar-refractivity contribution >= 4 is 23.3 Å². The van der Waals surface area contributed by atoms with E-state index in [1.807, 2.05) is 0 Å². The summed E-state index contributed by atoms with van der Waals surface area (Å²) in [6.07, 6.45) is 1.45. The van der Waals surface area contributed by atoms with Gasteiger partial charge in [0.25, 0.3) is 0 Å². The number of aromatic nitrogens is 1. The Labute approximate surface area is 138 Å². The van der Waals surface area contributed by atoms with Crippen molar-refractivity contribution < 1.29 is 14.3 Å². The largest absolute Gasteiger partial charge is 0.384 e. The maximum absolute atomic E-state index is 12.9. The standard InChI is InChI=1S/C16H17ClFN3O2/c1-10-7-14(17)19-8-13(10)21-15(22)20-9-16(2,23)11-3-5-12(18)6-4-11/h3-8,23H,9H2,1-2H3,(H2,20,21,22). The van der Waals surface area contributed by atoms with Crippen LogP contribution >= 0.6 is 11.6 Å². The molecule has 0 aliphatic rings. The first-order valence-electron chi connectivity index (χ1n) is 6.93. The first kappa shape index (κ1) is 17.2. The van der Waals surface area contributed by atoms with Crippen molar-refractivity contribution in [3.8, 4) is 0 Å². The fourth-order valence-corrected chi connectivity index (χ4v) is 2.19. The predicted octanol–water partition coefficient (Wildman–Crippen LogP) is 3.21. The SMILES string of the molecule is Cc1cc(Cl)ncc1NC(=O)NCC(C)(O)c1ccc(F)cc1. The number of rotatable bonds is 4. The number of nitrogens with zero attached hydrogens (tertiary/aromatic N) is 1. The van der Waals surface area contributed by atoms with Crippen molar-refractivity contribution in [2.24, 2.45) is 0 Å². The van der Waals surface area contributed by atoms with E-state index >= 15 is 0 Å². The molecule has 0 saturated carbocycles. The van der Waals surface area contributed by atoms with Crippen LogP contribution < -0.4 is 10.6 Å². The van der Waals surface area contributed by atoms with Crippen LogP contribution in [0.2, 0.25) is 5.15 Å². The van der Waals surface area contributed by atoms with Gasteiger partial charge in [0.1, 0.15) is 16.6 Å². The third-order valence-corrected chi connectivity index (χ3v) is 3.59. The molecule has 1 unspecified atom stereocenters. The van der Waals surface area contributed by atoms with Crippen molar-refractivity contribution in [3.05, 3.63) is 58.6 Å². The first-order chi connectivity index (χ1) is 10.8. The van der Waals surface area contributed by atoms with Crippen molar-refractivity contribution in [2.45, 2.75) is 19.4 Å². The van der Waals surface area contributed by atoms with Crippen LogP contribution in [-0.2, 0) is 5.60 Å². The summed E-state index contributed by atoms with van der Waals surface area (Å²) in [5.74, 6) is -0.388. The van der Waals surface area contributed by atoms with E-state index in [-0.39, 0.29) is 12.4 Å². The average molecular weight is 338 g/mol. The van der Waals surface area contributed by atoms with Crippen LogP contribution in [0.1, 0.15) is 18.1 Å². The number of urea groups is 1. The summed E-state index contributed by atoms with van der Waals surface area (Å²) >= 11 is 5.75. The molecule has 23 heavy (non-hydrogen) atoms. The zero-order chi connectivity index (χ0) is 17.0. The van der Waals surface area contributed by atoms with E-state index in [1.54, 1.807) is 13.0 Å². The van der Waals surface area contributed by atoms with Gasteiger partial charge in [-0.25, -0.2) is 14.2 Å². The van der Waals surface area contributed by atoms with Gasteiger partial charge in [0.15, 0.2) is 0 Å². The van der Waals surface area contributed by atoms with Crippen LogP contribution in [0.3, 0.4) is 0 Å². The highest BCUT2D eigenvalue weighted by Gasteiger charge is 2.23. The minimum atomic E-state index is -1.32. The van der Waals surface area contributed by atoms with Gasteiger partial charge in [0.2, 0.25) is 0 Å². The average Bonchev–Trinajstić information content (AvgIpc) is 2.49. The molecule has 5 nitrogen and oxygen atoms in total. The number of nitrogens with one attached hydrogen (secondary N) is 2. The molecule has 0 saturated heterocycles. The number of pyridine rings is 1. The van der Waals surface area contributed by atoms with Gasteiger partial charge in [-0.3, -0.25) is 0 Å². The van der Waals surface area contributed by atoms with E-state index < -0.39 is 11.6 Å². The van der Waals surface area contributed by atoms with Gasteiger partial charge >= 0.3 is 6.03 Å². The van der Waals surface area contributed by atoms with Gasteiger partial charge in [-0.2, -0.15) is 0 Å². The minimum Gasteiger partial charge on any atom is -0.384 e. The number of carbonyl (C=O) groups excluding carboxylic acids is 1. The molecule has 2 rings (SSSR count). The number of carbonyl (C=O) groups is 1. The van der Waals surface area contributed by atoms with Gasteiger partial charge in [0, 0.05) is 0 Å². The lowest BCUT2D eigenvalue weighted by atomic mass is 9.96. The predicted molar refractivity (Wildman–Crippen MR) is 87.0 cm³/mol. The van der Waals surface area contributed by atoms with Gasteiger partial charge in [-0.05, 0) is 43.2 Å². The molecule has 3 N–H and O–H groups in total. The number of benzene rings is 1. The van der Waals surface area contributed by atoms with Gasteiger partial charge in [0.05, 0.1) is 18.4 Å². The van der Waals surface area contributed by atoms with Gasteiger partial charge < -0.3 is 15.7 Å². The number of hydrogen-bond donors (Lipinski definition) is 3. The molecule has 0 aliphatic carbocycles. The van der Waals surface area contributed by atoms with E-state index in [4.69, 9.17) is 11.6 Å². The molecule has 2 aromatic rings. The summed E-state index contributed by atoms with van der Waals surface area (Å²) in [5, 5.41) is 15.9. The van der Waals surface area contributed by atoms with Gasteiger partial charge in [-0.1, -0.05) is 23.7 Å². The second kappa shape index (κ2) is 6.93. The minimum absolute atomic E-state index is 0.0372. The normalized spacial score (nSPS) is 13.3. The summed E-state index contributed by atoms with van der Waals surface area (Å²) in [6, 6.07) is 6.61. The number of amides is 2. The smallest absolute Gasteiger partial charge is 0.319 e. The zero-order valence-electron chi connectivity index (χ0n) is 12.7. The molecule has 7 heteroatoms. The number of aliphatic hydroxyl groups is 1. The topological polar surface area (TPSA) is 74.2 Å². The van der Waals surface area contributed by atoms with E-state index in [2.05, 4.69) is 15.6 Å². The summed E-state index contributed by atoms with van der Waals surface area (Å²) < 4.78 is 12.9. The zero-order valence-corrected chi connectivity index (χ0v) is 13.5. The molecule has 0 bridgehead atoms. The van der Waals surface area contributed by atoms with E-state index in [1.165, 1.54) is 37.4 Å². The summed E-state index contributed by atoms with van der Waals surface area (Å²) in [5.41, 5.74) is 0.473. The molecule has 0 spiro atoms. The van der Waals surface area contributed by atoms with Crippen LogP contribution in [0.25, 0.3) is 0 Å². The summed E-state index contributed by atoms with van der Waals surface area (Å²) in [4.78, 5) is 15.8. The Morgan fingerprint density at radius 2 is 2.04 bits per heavy atom. The Morgan fingerprint density at radius 1 is 1.39 bits per heavy atom. The molecular weight excluding hydrogens is 321 g/mol. The molecule has 1 aromatic carbocycles. The number of anilines is 1. The first-order valence-corrected chi connectivity index (χ1v) is 7.31. The molecule has 0 fully saturated rings. The molecule has 1 aromatic heterocycles. The second-order valence-corrected chi connectivity index (χ2v) is 5.80. The maximum Gasteiger partial charge on any atom is 0.319 e. The van der Waals surface area contributed by atoms with Crippen LogP contribution in [0, 0.1) is 12.7 Å². The van der Waals surface area contributed by atoms with Crippen LogP contribution in [0.4, 0.5) is 14.9 Å². The summed E-state index contributed by atoms with van der Waals surface area (Å²) in [7, 11) is 0. The highest BCUT2D eigenvalue weighted by molar-refractivity contribution is 6.29. The highest BCUT2D eigenvalue weighted by atomic mass is 35.5. The number of halogens is 2. The quantitative estimate of drug-likeness (QED) is 0.750. The lowest BCUT2D eigenvalue weighted by Gasteiger charge is -2.24. The second-order valence-electron chi connectivity index (χ2n) is 5.41. The molecule has 0 aliphatic heterocycles. The van der Waals surface area contributed by atoms with Crippen molar-refractivity contribution in [1.29, 1.82) is 0 Å². The van der Waals surface area contributed by atoms with E-state index in [9.17, 15) is 14.3 Å². The Hall–Kier alpha value is -2.18. The monoisotopic (exact) mass is 337 g/mol. The molecule has 0 radical (unpaired) electrons. The van der Waals surface area contributed by atoms with Crippen LogP contribution in [-0.4, -0.2) is 22.7 Å². The fraction of sp³-hybridized carbons (Fsp3) is 0.250. The van der Waals surface area contributed by atoms with Crippen molar-refractivity contribution in [2.75, 3.05) is 11.9 Å². The Balaban J connectivity index is 1.96.